The molecule has 2 saturated heterocycles. The fourth-order valence-corrected chi connectivity index (χ4v) is 4.39. The molecule has 2 aliphatic heterocycles. The maximum Gasteiger partial charge on any atom is 0.275 e. The summed E-state index contributed by atoms with van der Waals surface area (Å²) < 4.78 is 1.67. The van der Waals surface area contributed by atoms with E-state index in [1.165, 1.54) is 4.90 Å². The van der Waals surface area contributed by atoms with Gasteiger partial charge in [0.15, 0.2) is 5.69 Å². The number of aromatic nitrogens is 2. The molecular weight excluding hydrogens is 370 g/mol. The highest BCUT2D eigenvalue weighted by atomic mass is 16.2. The third-order valence-electron chi connectivity index (χ3n) is 5.87. The van der Waals surface area contributed by atoms with Crippen LogP contribution in [-0.4, -0.2) is 80.5 Å². The van der Waals surface area contributed by atoms with E-state index in [1.54, 1.807) is 23.6 Å². The molecule has 0 spiro atoms. The fraction of sp³-hybridized carbons (Fsp3) is 0.524. The average molecular weight is 397 g/mol. The van der Waals surface area contributed by atoms with Crippen molar-refractivity contribution in [2.24, 2.45) is 13.0 Å². The van der Waals surface area contributed by atoms with Crippen LogP contribution in [0.4, 0.5) is 0 Å². The van der Waals surface area contributed by atoms with Gasteiger partial charge in [0, 0.05) is 32.1 Å². The van der Waals surface area contributed by atoms with Crippen molar-refractivity contribution in [3.8, 4) is 0 Å². The second-order valence-corrected chi connectivity index (χ2v) is 8.35. The number of carbonyl (C=O) groups excluding carboxylic acids is 3. The van der Waals surface area contributed by atoms with Crippen molar-refractivity contribution in [3.05, 3.63) is 30.0 Å². The number of nitrogens with zero attached hydrogens (tertiary/aromatic N) is 5. The largest absolute Gasteiger partial charge is 0.339 e. The molecule has 4 rings (SSSR count). The van der Waals surface area contributed by atoms with Gasteiger partial charge in [-0.2, -0.15) is 5.10 Å². The first-order valence-corrected chi connectivity index (χ1v) is 10.1. The first kappa shape index (κ1) is 19.4. The van der Waals surface area contributed by atoms with Gasteiger partial charge < -0.3 is 14.7 Å². The Morgan fingerprint density at radius 3 is 2.62 bits per heavy atom. The Morgan fingerprint density at radius 2 is 1.90 bits per heavy atom. The number of rotatable bonds is 3. The Balaban J connectivity index is 1.65. The van der Waals surface area contributed by atoms with Crippen molar-refractivity contribution in [2.45, 2.75) is 32.9 Å². The van der Waals surface area contributed by atoms with Gasteiger partial charge in [-0.05, 0) is 18.9 Å². The molecule has 8 heteroatoms. The summed E-state index contributed by atoms with van der Waals surface area (Å²) >= 11 is 0. The van der Waals surface area contributed by atoms with Crippen molar-refractivity contribution < 1.29 is 14.4 Å². The predicted molar refractivity (Wildman–Crippen MR) is 108 cm³/mol. The number of amides is 3. The van der Waals surface area contributed by atoms with Gasteiger partial charge in [0.05, 0.1) is 12.1 Å². The molecule has 0 saturated carbocycles. The van der Waals surface area contributed by atoms with E-state index < -0.39 is 12.1 Å². The summed E-state index contributed by atoms with van der Waals surface area (Å²) in [6, 6.07) is 6.28. The lowest BCUT2D eigenvalue weighted by atomic mass is 10.0. The Hall–Kier alpha value is -2.90. The van der Waals surface area contributed by atoms with Crippen molar-refractivity contribution >= 4 is 28.6 Å². The summed E-state index contributed by atoms with van der Waals surface area (Å²) in [6.07, 6.45) is 0. The SMILES string of the molecule is CC(C)CN1CCN2C(=O)[C@H](C)N(C(=O)c3nn(C)c4ccccc34)C[C@H]2C1=O. The maximum atomic E-state index is 13.4. The standard InChI is InChI=1S/C21H27N5O3/c1-13(2)11-24-9-10-25-17(20(24)28)12-26(14(3)19(25)27)21(29)18-15-7-5-6-8-16(15)23(4)22-18/h5-8,13-14,17H,9-12H2,1-4H3/t14-,17-/m0/s1. The van der Waals surface area contributed by atoms with E-state index in [0.29, 0.717) is 31.2 Å². The minimum Gasteiger partial charge on any atom is -0.339 e. The predicted octanol–water partition coefficient (Wildman–Crippen LogP) is 1.11. The molecule has 0 radical (unpaired) electrons. The van der Waals surface area contributed by atoms with E-state index in [9.17, 15) is 14.4 Å². The molecule has 0 bridgehead atoms. The topological polar surface area (TPSA) is 78.8 Å². The zero-order valence-electron chi connectivity index (χ0n) is 17.3. The van der Waals surface area contributed by atoms with E-state index >= 15 is 0 Å². The van der Waals surface area contributed by atoms with Crippen LogP contribution in [0.3, 0.4) is 0 Å². The van der Waals surface area contributed by atoms with Crippen molar-refractivity contribution in [2.75, 3.05) is 26.2 Å². The summed E-state index contributed by atoms with van der Waals surface area (Å²) in [5.74, 6) is -0.210. The molecular formula is C21H27N5O3. The Bertz CT molecular complexity index is 982. The summed E-state index contributed by atoms with van der Waals surface area (Å²) in [6.45, 7) is 7.78. The van der Waals surface area contributed by atoms with Gasteiger partial charge in [0.2, 0.25) is 11.8 Å². The number of hydrogen-bond acceptors (Lipinski definition) is 4. The number of fused-ring (bicyclic) bond motifs is 2. The van der Waals surface area contributed by atoms with Crippen LogP contribution in [0.5, 0.6) is 0 Å². The maximum absolute atomic E-state index is 13.4. The molecule has 0 unspecified atom stereocenters. The van der Waals surface area contributed by atoms with E-state index in [1.807, 2.05) is 29.2 Å². The molecule has 154 valence electrons. The van der Waals surface area contributed by atoms with Crippen molar-refractivity contribution in [1.29, 1.82) is 0 Å². The van der Waals surface area contributed by atoms with Gasteiger partial charge >= 0.3 is 0 Å². The number of para-hydroxylation sites is 1. The van der Waals surface area contributed by atoms with Crippen molar-refractivity contribution in [1.82, 2.24) is 24.5 Å². The van der Waals surface area contributed by atoms with E-state index in [0.717, 1.165) is 10.9 Å². The third kappa shape index (κ3) is 3.16. The molecule has 1 aromatic carbocycles. The van der Waals surface area contributed by atoms with E-state index in [-0.39, 0.29) is 24.3 Å². The molecule has 3 amide bonds. The molecule has 1 aromatic heterocycles. The number of hydrogen-bond donors (Lipinski definition) is 0. The molecule has 0 N–H and O–H groups in total. The first-order valence-electron chi connectivity index (χ1n) is 10.1. The first-order chi connectivity index (χ1) is 13.8. The molecule has 2 atom stereocenters. The lowest BCUT2D eigenvalue weighted by molar-refractivity contribution is -0.160. The molecule has 8 nitrogen and oxygen atoms in total. The van der Waals surface area contributed by atoms with Crippen LogP contribution < -0.4 is 0 Å². The molecule has 3 heterocycles. The van der Waals surface area contributed by atoms with Gasteiger partial charge in [-0.15, -0.1) is 0 Å². The summed E-state index contributed by atoms with van der Waals surface area (Å²) in [5.41, 5.74) is 1.17. The van der Waals surface area contributed by atoms with Crippen LogP contribution in [0.1, 0.15) is 31.3 Å². The lowest BCUT2D eigenvalue weighted by Gasteiger charge is -2.48. The monoisotopic (exact) mass is 397 g/mol. The number of benzene rings is 1. The zero-order chi connectivity index (χ0) is 20.9. The normalized spacial score (nSPS) is 22.6. The zero-order valence-corrected chi connectivity index (χ0v) is 17.3. The third-order valence-corrected chi connectivity index (χ3v) is 5.87. The number of aryl methyl sites for hydroxylation is 1. The van der Waals surface area contributed by atoms with Crippen LogP contribution in [0, 0.1) is 5.92 Å². The molecule has 2 aliphatic rings. The highest BCUT2D eigenvalue weighted by Crippen LogP contribution is 2.26. The molecule has 2 fully saturated rings. The fourth-order valence-electron chi connectivity index (χ4n) is 4.39. The average Bonchev–Trinajstić information content (AvgIpc) is 3.03. The number of piperazine rings is 2. The molecule has 0 aliphatic carbocycles. The minimum atomic E-state index is -0.621. The van der Waals surface area contributed by atoms with Gasteiger partial charge in [0.25, 0.3) is 5.91 Å². The molecule has 29 heavy (non-hydrogen) atoms. The Morgan fingerprint density at radius 1 is 1.17 bits per heavy atom. The van der Waals surface area contributed by atoms with Crippen LogP contribution in [0.15, 0.2) is 24.3 Å². The van der Waals surface area contributed by atoms with Gasteiger partial charge in [-0.3, -0.25) is 19.1 Å². The minimum absolute atomic E-state index is 0.0751. The second kappa shape index (κ2) is 7.17. The Kier molecular flexibility index (Phi) is 4.80. The van der Waals surface area contributed by atoms with Crippen LogP contribution in [0.25, 0.3) is 10.9 Å². The quantitative estimate of drug-likeness (QED) is 0.777. The lowest BCUT2D eigenvalue weighted by Crippen LogP contribution is -2.70. The molecule has 2 aromatic rings. The van der Waals surface area contributed by atoms with E-state index in [2.05, 4.69) is 18.9 Å². The highest BCUT2D eigenvalue weighted by Gasteiger charge is 2.47. The number of carbonyl (C=O) groups is 3. The van der Waals surface area contributed by atoms with Gasteiger partial charge in [-0.1, -0.05) is 32.0 Å². The summed E-state index contributed by atoms with van der Waals surface area (Å²) in [4.78, 5) is 44.4. The van der Waals surface area contributed by atoms with Crippen molar-refractivity contribution in [3.63, 3.8) is 0 Å². The van der Waals surface area contributed by atoms with E-state index in [4.69, 9.17) is 0 Å². The second-order valence-electron chi connectivity index (χ2n) is 8.35. The van der Waals surface area contributed by atoms with Crippen LogP contribution in [-0.2, 0) is 16.6 Å². The summed E-state index contributed by atoms with van der Waals surface area (Å²) in [7, 11) is 1.79. The highest BCUT2D eigenvalue weighted by molar-refractivity contribution is 6.07. The Labute approximate surface area is 170 Å². The summed E-state index contributed by atoms with van der Waals surface area (Å²) in [5, 5.41) is 5.16. The smallest absolute Gasteiger partial charge is 0.275 e. The van der Waals surface area contributed by atoms with Gasteiger partial charge in [-0.25, -0.2) is 0 Å². The van der Waals surface area contributed by atoms with Gasteiger partial charge in [0.1, 0.15) is 12.1 Å². The van der Waals surface area contributed by atoms with Crippen LogP contribution in [0.2, 0.25) is 0 Å². The van der Waals surface area contributed by atoms with Crippen LogP contribution >= 0.6 is 0 Å².